The van der Waals surface area contributed by atoms with Gasteiger partial charge in [0.25, 0.3) is 0 Å². The smallest absolute Gasteiger partial charge is 0.314 e. The van der Waals surface area contributed by atoms with Gasteiger partial charge in [0.15, 0.2) is 0 Å². The molecule has 0 spiro atoms. The fourth-order valence-electron chi connectivity index (χ4n) is 3.50. The third-order valence-corrected chi connectivity index (χ3v) is 5.23. The van der Waals surface area contributed by atoms with E-state index in [-0.39, 0.29) is 6.03 Å². The highest BCUT2D eigenvalue weighted by Gasteiger charge is 2.23. The highest BCUT2D eigenvalue weighted by molar-refractivity contribution is 5.73. The highest BCUT2D eigenvalue weighted by Crippen LogP contribution is 2.25. The second-order valence-electron chi connectivity index (χ2n) is 7.20. The number of nitrogens with zero attached hydrogens (tertiary/aromatic N) is 2. The Hall–Kier alpha value is -0.850. The van der Waals surface area contributed by atoms with Crippen molar-refractivity contribution in [2.24, 2.45) is 5.92 Å². The number of likely N-dealkylation sites (N-methyl/N-ethyl adjacent to an activating group) is 2. The van der Waals surface area contributed by atoms with Gasteiger partial charge >= 0.3 is 6.03 Å². The Morgan fingerprint density at radius 1 is 1.17 bits per heavy atom. The fraction of sp³-hybridized carbons (Fsp3) is 0.941. The molecule has 3 atom stereocenters. The van der Waals surface area contributed by atoms with Gasteiger partial charge in [0, 0.05) is 38.8 Å². The number of hydrogen-bond acceptors (Lipinski definition) is 4. The van der Waals surface area contributed by atoms with E-state index >= 15 is 0 Å². The van der Waals surface area contributed by atoms with Crippen LogP contribution in [0.4, 0.5) is 4.79 Å². The van der Waals surface area contributed by atoms with E-state index in [9.17, 15) is 4.79 Å². The van der Waals surface area contributed by atoms with Gasteiger partial charge in [-0.25, -0.2) is 4.79 Å². The molecule has 0 radical (unpaired) electrons. The van der Waals surface area contributed by atoms with Gasteiger partial charge in [-0.1, -0.05) is 19.8 Å². The first-order valence-corrected chi connectivity index (χ1v) is 9.08. The Balaban J connectivity index is 1.54. The molecule has 134 valence electrons. The van der Waals surface area contributed by atoms with Crippen molar-refractivity contribution in [2.45, 2.75) is 44.8 Å². The van der Waals surface area contributed by atoms with Crippen LogP contribution in [-0.4, -0.2) is 81.4 Å². The summed E-state index contributed by atoms with van der Waals surface area (Å²) in [6.45, 7) is 7.28. The Kier molecular flexibility index (Phi) is 7.59. The predicted octanol–water partition coefficient (Wildman–Crippen LogP) is 1.13. The van der Waals surface area contributed by atoms with E-state index in [0.29, 0.717) is 37.8 Å². The second kappa shape index (κ2) is 9.45. The minimum absolute atomic E-state index is 0.0908. The van der Waals surface area contributed by atoms with Crippen molar-refractivity contribution in [3.63, 3.8) is 0 Å². The quantitative estimate of drug-likeness (QED) is 0.719. The molecule has 2 aliphatic rings. The minimum atomic E-state index is -0.0908. The molecule has 1 aliphatic heterocycles. The van der Waals surface area contributed by atoms with Crippen molar-refractivity contribution in [2.75, 3.05) is 53.4 Å². The number of rotatable bonds is 6. The number of urea groups is 1. The number of amides is 2. The van der Waals surface area contributed by atoms with E-state index in [1.807, 2.05) is 0 Å². The fourth-order valence-corrected chi connectivity index (χ4v) is 3.50. The van der Waals surface area contributed by atoms with Crippen LogP contribution in [0.2, 0.25) is 0 Å². The maximum absolute atomic E-state index is 11.9. The lowest BCUT2D eigenvalue weighted by atomic mass is 9.88. The van der Waals surface area contributed by atoms with E-state index in [0.717, 1.165) is 26.1 Å². The average molecular weight is 326 g/mol. The Labute approximate surface area is 140 Å². The van der Waals surface area contributed by atoms with Crippen LogP contribution in [0, 0.1) is 5.92 Å². The lowest BCUT2D eigenvalue weighted by Gasteiger charge is -2.37. The molecular weight excluding hydrogens is 292 g/mol. The van der Waals surface area contributed by atoms with Crippen molar-refractivity contribution >= 4 is 6.03 Å². The molecule has 1 saturated heterocycles. The van der Waals surface area contributed by atoms with E-state index in [1.165, 1.54) is 19.3 Å². The summed E-state index contributed by atoms with van der Waals surface area (Å²) < 4.78 is 5.91. The zero-order valence-corrected chi connectivity index (χ0v) is 15.0. The second-order valence-corrected chi connectivity index (χ2v) is 7.20. The van der Waals surface area contributed by atoms with Gasteiger partial charge < -0.3 is 20.3 Å². The molecule has 2 amide bonds. The normalized spacial score (nSPS) is 30.1. The molecular formula is C17H34N4O2. The summed E-state index contributed by atoms with van der Waals surface area (Å²) in [4.78, 5) is 16.5. The summed E-state index contributed by atoms with van der Waals surface area (Å²) in [6, 6.07) is 0.297. The van der Waals surface area contributed by atoms with Crippen LogP contribution in [0.3, 0.4) is 0 Å². The SMILES string of the molecule is C[C@@H]1CCCC[C@@H]1OCCNC(=O)NC[C@@H]1CN(C)CCN1C. The van der Waals surface area contributed by atoms with Crippen LogP contribution in [0.1, 0.15) is 32.6 Å². The predicted molar refractivity (Wildman–Crippen MR) is 92.7 cm³/mol. The molecule has 0 aromatic carbocycles. The molecule has 1 heterocycles. The van der Waals surface area contributed by atoms with Crippen molar-refractivity contribution in [1.29, 1.82) is 0 Å². The van der Waals surface area contributed by atoms with Crippen molar-refractivity contribution in [3.05, 3.63) is 0 Å². The lowest BCUT2D eigenvalue weighted by Crippen LogP contribution is -2.55. The van der Waals surface area contributed by atoms with Crippen LogP contribution in [0.25, 0.3) is 0 Å². The highest BCUT2D eigenvalue weighted by atomic mass is 16.5. The number of carbonyl (C=O) groups excluding carboxylic acids is 1. The molecule has 0 bridgehead atoms. The van der Waals surface area contributed by atoms with Crippen molar-refractivity contribution in [3.8, 4) is 0 Å². The largest absolute Gasteiger partial charge is 0.376 e. The molecule has 6 nitrogen and oxygen atoms in total. The van der Waals surface area contributed by atoms with Crippen molar-refractivity contribution in [1.82, 2.24) is 20.4 Å². The van der Waals surface area contributed by atoms with Gasteiger partial charge in [-0.2, -0.15) is 0 Å². The average Bonchev–Trinajstić information content (AvgIpc) is 2.54. The first-order valence-electron chi connectivity index (χ1n) is 9.08. The number of piperazine rings is 1. The van der Waals surface area contributed by atoms with Crippen LogP contribution >= 0.6 is 0 Å². The molecule has 2 N–H and O–H groups in total. The lowest BCUT2D eigenvalue weighted by molar-refractivity contribution is -0.00244. The number of ether oxygens (including phenoxy) is 1. The van der Waals surface area contributed by atoms with Gasteiger partial charge in [-0.15, -0.1) is 0 Å². The van der Waals surface area contributed by atoms with Gasteiger partial charge in [0.1, 0.15) is 0 Å². The number of hydrogen-bond donors (Lipinski definition) is 2. The standard InChI is InChI=1S/C17H34N4O2/c1-14-6-4-5-7-16(14)23-11-8-18-17(22)19-12-15-13-20(2)9-10-21(15)3/h14-16H,4-13H2,1-3H3,(H2,18,19,22)/t14-,15-,16+/m1/s1. The van der Waals surface area contributed by atoms with E-state index in [1.54, 1.807) is 0 Å². The third kappa shape index (κ3) is 6.28. The van der Waals surface area contributed by atoms with Crippen LogP contribution in [0.15, 0.2) is 0 Å². The summed E-state index contributed by atoms with van der Waals surface area (Å²) in [5.41, 5.74) is 0. The molecule has 23 heavy (non-hydrogen) atoms. The summed E-state index contributed by atoms with van der Waals surface area (Å²) >= 11 is 0. The molecule has 1 saturated carbocycles. The van der Waals surface area contributed by atoms with Crippen molar-refractivity contribution < 1.29 is 9.53 Å². The summed E-state index contributed by atoms with van der Waals surface area (Å²) in [7, 11) is 4.25. The Morgan fingerprint density at radius 3 is 2.74 bits per heavy atom. The van der Waals surface area contributed by atoms with Gasteiger partial charge in [0.05, 0.1) is 12.7 Å². The van der Waals surface area contributed by atoms with E-state index in [2.05, 4.69) is 41.5 Å². The number of carbonyl (C=O) groups is 1. The van der Waals surface area contributed by atoms with E-state index < -0.39 is 0 Å². The Bertz CT molecular complexity index is 367. The Morgan fingerprint density at radius 2 is 1.96 bits per heavy atom. The van der Waals surface area contributed by atoms with E-state index in [4.69, 9.17) is 4.74 Å². The maximum Gasteiger partial charge on any atom is 0.314 e. The van der Waals surface area contributed by atoms with Crippen LogP contribution < -0.4 is 10.6 Å². The zero-order chi connectivity index (χ0) is 16.7. The van der Waals surface area contributed by atoms with Gasteiger partial charge in [0.2, 0.25) is 0 Å². The maximum atomic E-state index is 11.9. The number of nitrogens with one attached hydrogen (secondary N) is 2. The summed E-state index contributed by atoms with van der Waals surface area (Å²) in [5, 5.41) is 5.87. The minimum Gasteiger partial charge on any atom is -0.376 e. The molecule has 0 aromatic heterocycles. The van der Waals surface area contributed by atoms with Crippen LogP contribution in [0.5, 0.6) is 0 Å². The molecule has 0 unspecified atom stereocenters. The van der Waals surface area contributed by atoms with Crippen LogP contribution in [-0.2, 0) is 4.74 Å². The molecule has 0 aromatic rings. The molecule has 1 aliphatic carbocycles. The molecule has 6 heteroatoms. The molecule has 2 fully saturated rings. The first-order chi connectivity index (χ1) is 11.1. The first kappa shape index (κ1) is 18.5. The molecule has 2 rings (SSSR count). The third-order valence-electron chi connectivity index (χ3n) is 5.23. The summed E-state index contributed by atoms with van der Waals surface area (Å²) in [6.07, 6.45) is 5.40. The van der Waals surface area contributed by atoms with Gasteiger partial charge in [-0.05, 0) is 32.9 Å². The topological polar surface area (TPSA) is 56.8 Å². The van der Waals surface area contributed by atoms with Gasteiger partial charge in [-0.3, -0.25) is 4.90 Å². The summed E-state index contributed by atoms with van der Waals surface area (Å²) in [5.74, 6) is 0.649. The zero-order valence-electron chi connectivity index (χ0n) is 15.0. The monoisotopic (exact) mass is 326 g/mol.